The van der Waals surface area contributed by atoms with Crippen LogP contribution >= 0.6 is 35.3 Å². The number of fused-ring (bicyclic) bond motifs is 1. The normalized spacial score (nSPS) is 11.5. The maximum atomic E-state index is 4.46. The lowest BCUT2D eigenvalue weighted by molar-refractivity contribution is 0.796. The fraction of sp³-hybridized carbons (Fsp3) is 0.368. The van der Waals surface area contributed by atoms with Crippen LogP contribution in [0.25, 0.3) is 10.9 Å². The summed E-state index contributed by atoms with van der Waals surface area (Å²) in [7, 11) is 1.80. The molecule has 0 aliphatic heterocycles. The second kappa shape index (κ2) is 9.36. The van der Waals surface area contributed by atoms with Crippen LogP contribution in [0.1, 0.15) is 26.8 Å². The summed E-state index contributed by atoms with van der Waals surface area (Å²) in [6.45, 7) is 7.82. The van der Waals surface area contributed by atoms with E-state index in [1.165, 1.54) is 27.0 Å². The number of benzene rings is 1. The number of nitrogens with zero attached hydrogens (tertiary/aromatic N) is 2. The minimum Gasteiger partial charge on any atom is -0.358 e. The number of para-hydroxylation sites is 1. The molecule has 0 atom stereocenters. The van der Waals surface area contributed by atoms with E-state index in [0.717, 1.165) is 36.2 Å². The molecule has 0 saturated carbocycles. The minimum absolute atomic E-state index is 0. The van der Waals surface area contributed by atoms with Gasteiger partial charge < -0.3 is 15.6 Å². The number of aliphatic imine (C=N–C) groups is 1. The van der Waals surface area contributed by atoms with Gasteiger partial charge in [-0.1, -0.05) is 18.2 Å². The molecule has 0 spiro atoms. The number of guanidine groups is 1. The van der Waals surface area contributed by atoms with Gasteiger partial charge in [0.2, 0.25) is 0 Å². The maximum Gasteiger partial charge on any atom is 0.191 e. The van der Waals surface area contributed by atoms with Crippen molar-refractivity contribution in [1.29, 1.82) is 0 Å². The summed E-state index contributed by atoms with van der Waals surface area (Å²) in [5, 5.41) is 9.19. The third-order valence-corrected chi connectivity index (χ3v) is 5.41. The van der Waals surface area contributed by atoms with Crippen molar-refractivity contribution >= 4 is 52.2 Å². The van der Waals surface area contributed by atoms with Crippen molar-refractivity contribution in [1.82, 2.24) is 20.6 Å². The Morgan fingerprint density at radius 1 is 1.19 bits per heavy atom. The molecule has 26 heavy (non-hydrogen) atoms. The second-order valence-electron chi connectivity index (χ2n) is 6.12. The lowest BCUT2D eigenvalue weighted by Crippen LogP contribution is -2.37. The van der Waals surface area contributed by atoms with Crippen molar-refractivity contribution in [2.45, 2.75) is 33.7 Å². The van der Waals surface area contributed by atoms with Gasteiger partial charge in [0.15, 0.2) is 5.96 Å². The van der Waals surface area contributed by atoms with Crippen molar-refractivity contribution in [3.05, 3.63) is 51.1 Å². The van der Waals surface area contributed by atoms with E-state index in [2.05, 4.69) is 63.7 Å². The van der Waals surface area contributed by atoms with Crippen LogP contribution in [0.4, 0.5) is 0 Å². The molecule has 0 aliphatic carbocycles. The van der Waals surface area contributed by atoms with Gasteiger partial charge in [0.1, 0.15) is 0 Å². The Labute approximate surface area is 175 Å². The fourth-order valence-corrected chi connectivity index (χ4v) is 3.96. The lowest BCUT2D eigenvalue weighted by atomic mass is 10.1. The number of halogens is 1. The molecule has 0 radical (unpaired) electrons. The van der Waals surface area contributed by atoms with E-state index in [1.807, 2.05) is 6.92 Å². The Morgan fingerprint density at radius 3 is 2.65 bits per heavy atom. The molecular weight excluding hydrogens is 457 g/mol. The zero-order valence-corrected chi connectivity index (χ0v) is 18.8. The largest absolute Gasteiger partial charge is 0.358 e. The highest BCUT2D eigenvalue weighted by atomic mass is 127. The van der Waals surface area contributed by atoms with Crippen molar-refractivity contribution in [2.75, 3.05) is 13.6 Å². The van der Waals surface area contributed by atoms with Gasteiger partial charge in [-0.25, -0.2) is 4.98 Å². The number of aryl methyl sites for hydroxylation is 3. The molecule has 0 saturated heterocycles. The van der Waals surface area contributed by atoms with Crippen LogP contribution in [-0.2, 0) is 13.0 Å². The summed E-state index contributed by atoms with van der Waals surface area (Å²) in [5.41, 5.74) is 4.91. The predicted octanol–water partition coefficient (Wildman–Crippen LogP) is 4.08. The van der Waals surface area contributed by atoms with Gasteiger partial charge in [0.05, 0.1) is 17.2 Å². The van der Waals surface area contributed by atoms with Gasteiger partial charge in [0, 0.05) is 35.1 Å². The number of hydrogen-bond acceptors (Lipinski definition) is 3. The third-order valence-electron chi connectivity index (χ3n) is 4.33. The first-order valence-electron chi connectivity index (χ1n) is 8.52. The Kier molecular flexibility index (Phi) is 7.45. The van der Waals surface area contributed by atoms with Gasteiger partial charge in [-0.3, -0.25) is 4.99 Å². The fourth-order valence-electron chi connectivity index (χ4n) is 3.08. The van der Waals surface area contributed by atoms with Gasteiger partial charge in [-0.15, -0.1) is 35.3 Å². The molecule has 0 unspecified atom stereocenters. The molecule has 0 fully saturated rings. The van der Waals surface area contributed by atoms with Crippen LogP contribution in [0.15, 0.2) is 29.3 Å². The number of aromatic amines is 1. The van der Waals surface area contributed by atoms with Crippen LogP contribution in [0, 0.1) is 20.8 Å². The molecule has 2 heterocycles. The summed E-state index contributed by atoms with van der Waals surface area (Å²) in [6, 6.07) is 8.46. The lowest BCUT2D eigenvalue weighted by Gasteiger charge is -2.11. The second-order valence-corrected chi connectivity index (χ2v) is 7.41. The van der Waals surface area contributed by atoms with E-state index in [-0.39, 0.29) is 24.0 Å². The topological polar surface area (TPSA) is 65.1 Å². The molecule has 1 aromatic carbocycles. The molecule has 3 aromatic rings. The molecule has 3 N–H and O–H groups in total. The maximum absolute atomic E-state index is 4.46. The monoisotopic (exact) mass is 483 g/mol. The van der Waals surface area contributed by atoms with E-state index in [9.17, 15) is 0 Å². The molecular formula is C19H26IN5S. The number of aromatic nitrogens is 2. The van der Waals surface area contributed by atoms with E-state index in [1.54, 1.807) is 18.4 Å². The number of H-pyrrole nitrogens is 1. The molecule has 0 amide bonds. The zero-order valence-electron chi connectivity index (χ0n) is 15.6. The van der Waals surface area contributed by atoms with E-state index in [4.69, 9.17) is 0 Å². The van der Waals surface area contributed by atoms with Gasteiger partial charge in [-0.05, 0) is 38.8 Å². The van der Waals surface area contributed by atoms with Gasteiger partial charge in [0.25, 0.3) is 0 Å². The van der Waals surface area contributed by atoms with E-state index < -0.39 is 0 Å². The summed E-state index contributed by atoms with van der Waals surface area (Å²) in [5.74, 6) is 0.822. The van der Waals surface area contributed by atoms with Crippen molar-refractivity contribution in [2.24, 2.45) is 4.99 Å². The Balaban J connectivity index is 0.00000243. The molecule has 140 valence electrons. The van der Waals surface area contributed by atoms with Crippen LogP contribution in [0.5, 0.6) is 0 Å². The van der Waals surface area contributed by atoms with Crippen LogP contribution in [0.2, 0.25) is 0 Å². The van der Waals surface area contributed by atoms with Crippen molar-refractivity contribution in [3.8, 4) is 0 Å². The minimum atomic E-state index is 0. The number of thiazole rings is 1. The van der Waals surface area contributed by atoms with E-state index >= 15 is 0 Å². The first-order chi connectivity index (χ1) is 12.1. The van der Waals surface area contributed by atoms with Crippen LogP contribution in [-0.4, -0.2) is 29.5 Å². The number of rotatable bonds is 5. The van der Waals surface area contributed by atoms with Crippen LogP contribution < -0.4 is 10.6 Å². The first kappa shape index (κ1) is 20.7. The Morgan fingerprint density at radius 2 is 1.96 bits per heavy atom. The average Bonchev–Trinajstić information content (AvgIpc) is 3.09. The van der Waals surface area contributed by atoms with Crippen molar-refractivity contribution < 1.29 is 0 Å². The van der Waals surface area contributed by atoms with Gasteiger partial charge in [-0.2, -0.15) is 0 Å². The average molecular weight is 483 g/mol. The van der Waals surface area contributed by atoms with E-state index in [0.29, 0.717) is 0 Å². The number of nitrogens with one attached hydrogen (secondary N) is 3. The Hall–Kier alpha value is -1.61. The van der Waals surface area contributed by atoms with Crippen molar-refractivity contribution in [3.63, 3.8) is 0 Å². The smallest absolute Gasteiger partial charge is 0.191 e. The quantitative estimate of drug-likeness (QED) is 0.291. The third kappa shape index (κ3) is 4.76. The summed E-state index contributed by atoms with van der Waals surface area (Å²) in [4.78, 5) is 13.5. The zero-order chi connectivity index (χ0) is 17.8. The summed E-state index contributed by atoms with van der Waals surface area (Å²) < 4.78 is 0. The van der Waals surface area contributed by atoms with Gasteiger partial charge >= 0.3 is 0 Å². The molecule has 0 aliphatic rings. The molecule has 2 aromatic heterocycles. The summed E-state index contributed by atoms with van der Waals surface area (Å²) >= 11 is 1.73. The molecule has 5 nitrogen and oxygen atoms in total. The molecule has 7 heteroatoms. The molecule has 0 bridgehead atoms. The molecule has 3 rings (SSSR count). The Bertz CT molecular complexity index is 897. The SMILES string of the molecule is CN=C(NCCc1c(C)[nH]c2ccccc12)NCc1sc(C)nc1C.I. The number of hydrogen-bond donors (Lipinski definition) is 3. The van der Waals surface area contributed by atoms with Crippen LogP contribution in [0.3, 0.4) is 0 Å². The highest BCUT2D eigenvalue weighted by Gasteiger charge is 2.09. The summed E-state index contributed by atoms with van der Waals surface area (Å²) in [6.07, 6.45) is 0.954. The predicted molar refractivity (Wildman–Crippen MR) is 122 cm³/mol. The highest BCUT2D eigenvalue weighted by Crippen LogP contribution is 2.22. The highest BCUT2D eigenvalue weighted by molar-refractivity contribution is 14.0. The first-order valence-corrected chi connectivity index (χ1v) is 9.33. The standard InChI is InChI=1S/C19H25N5S.HI/c1-12-15(16-7-5-6-8-17(16)24-12)9-10-21-19(20-4)22-11-18-13(2)23-14(3)25-18;/h5-8,24H,9-11H2,1-4H3,(H2,20,21,22);1H.